The Labute approximate surface area is 86.2 Å². The van der Waals surface area contributed by atoms with Gasteiger partial charge >= 0.3 is 0 Å². The molecule has 0 aromatic rings. The van der Waals surface area contributed by atoms with Crippen molar-refractivity contribution in [2.75, 3.05) is 19.7 Å². The normalized spacial score (nSPS) is 42.6. The molecular formula is C11H21NO2. The van der Waals surface area contributed by atoms with E-state index in [1.807, 2.05) is 0 Å². The van der Waals surface area contributed by atoms with Crippen LogP contribution in [0.1, 0.15) is 33.6 Å². The molecule has 0 saturated carbocycles. The summed E-state index contributed by atoms with van der Waals surface area (Å²) in [6.07, 6.45) is 2.35. The van der Waals surface area contributed by atoms with Crippen molar-refractivity contribution in [3.05, 3.63) is 0 Å². The average Bonchev–Trinajstić information content (AvgIpc) is 2.00. The molecule has 0 radical (unpaired) electrons. The van der Waals surface area contributed by atoms with Crippen LogP contribution in [0.3, 0.4) is 0 Å². The van der Waals surface area contributed by atoms with E-state index in [1.165, 1.54) is 0 Å². The Morgan fingerprint density at radius 3 is 2.79 bits per heavy atom. The topological polar surface area (TPSA) is 30.5 Å². The first-order valence-corrected chi connectivity index (χ1v) is 5.54. The minimum atomic E-state index is -0.0308. The molecule has 0 aliphatic carbocycles. The Hall–Kier alpha value is -0.120. The van der Waals surface area contributed by atoms with Crippen molar-refractivity contribution in [1.82, 2.24) is 5.32 Å². The monoisotopic (exact) mass is 199 g/mol. The number of nitrogens with one attached hydrogen (secondary N) is 1. The van der Waals surface area contributed by atoms with Gasteiger partial charge in [0.25, 0.3) is 0 Å². The highest BCUT2D eigenvalue weighted by atomic mass is 16.5. The lowest BCUT2D eigenvalue weighted by atomic mass is 9.83. The van der Waals surface area contributed by atoms with E-state index in [1.54, 1.807) is 0 Å². The Bertz CT molecular complexity index is 213. The smallest absolute Gasteiger partial charge is 0.0859 e. The SMILES string of the molecule is C[C@H]1CNC[C@]2(CCOC(C)(C)C2)O1. The van der Waals surface area contributed by atoms with Crippen LogP contribution in [0.4, 0.5) is 0 Å². The highest BCUT2D eigenvalue weighted by Gasteiger charge is 2.44. The van der Waals surface area contributed by atoms with E-state index < -0.39 is 0 Å². The van der Waals surface area contributed by atoms with Crippen LogP contribution in [0.2, 0.25) is 0 Å². The van der Waals surface area contributed by atoms with E-state index in [0.29, 0.717) is 6.10 Å². The molecule has 1 spiro atoms. The summed E-state index contributed by atoms with van der Waals surface area (Å²) in [5.41, 5.74) is -0.00356. The van der Waals surface area contributed by atoms with Crippen LogP contribution in [0.15, 0.2) is 0 Å². The van der Waals surface area contributed by atoms with Gasteiger partial charge in [-0.05, 0) is 20.8 Å². The fraction of sp³-hybridized carbons (Fsp3) is 1.00. The van der Waals surface area contributed by atoms with Crippen LogP contribution < -0.4 is 5.32 Å². The number of hydrogen-bond acceptors (Lipinski definition) is 3. The van der Waals surface area contributed by atoms with Crippen molar-refractivity contribution in [2.24, 2.45) is 0 Å². The van der Waals surface area contributed by atoms with Crippen molar-refractivity contribution in [3.8, 4) is 0 Å². The molecule has 0 bridgehead atoms. The molecular weight excluding hydrogens is 178 g/mol. The number of morpholine rings is 1. The highest BCUT2D eigenvalue weighted by Crippen LogP contribution is 2.36. The zero-order chi connectivity index (χ0) is 10.2. The van der Waals surface area contributed by atoms with Crippen molar-refractivity contribution < 1.29 is 9.47 Å². The molecule has 2 atom stereocenters. The lowest BCUT2D eigenvalue weighted by molar-refractivity contribution is -0.196. The lowest BCUT2D eigenvalue weighted by Gasteiger charge is -2.48. The number of rotatable bonds is 0. The van der Waals surface area contributed by atoms with E-state index in [-0.39, 0.29) is 11.2 Å². The maximum absolute atomic E-state index is 6.11. The molecule has 2 fully saturated rings. The van der Waals surface area contributed by atoms with E-state index in [9.17, 15) is 0 Å². The summed E-state index contributed by atoms with van der Waals surface area (Å²) in [5.74, 6) is 0. The molecule has 82 valence electrons. The Morgan fingerprint density at radius 1 is 1.36 bits per heavy atom. The molecule has 2 aliphatic heterocycles. The van der Waals surface area contributed by atoms with Gasteiger partial charge in [0.15, 0.2) is 0 Å². The van der Waals surface area contributed by atoms with E-state index in [0.717, 1.165) is 32.5 Å². The number of ether oxygens (including phenoxy) is 2. The second-order valence-electron chi connectivity index (χ2n) is 5.28. The molecule has 2 saturated heterocycles. The molecule has 2 aliphatic rings. The predicted octanol–water partition coefficient (Wildman–Crippen LogP) is 1.32. The van der Waals surface area contributed by atoms with Crippen LogP contribution in [0.25, 0.3) is 0 Å². The Balaban J connectivity index is 2.06. The molecule has 2 heterocycles. The maximum Gasteiger partial charge on any atom is 0.0859 e. The first-order valence-electron chi connectivity index (χ1n) is 5.54. The number of hydrogen-bond donors (Lipinski definition) is 1. The van der Waals surface area contributed by atoms with Crippen molar-refractivity contribution in [2.45, 2.75) is 50.9 Å². The quantitative estimate of drug-likeness (QED) is 0.638. The first kappa shape index (κ1) is 10.4. The summed E-state index contributed by atoms with van der Waals surface area (Å²) < 4.78 is 11.8. The fourth-order valence-electron chi connectivity index (χ4n) is 2.69. The predicted molar refractivity (Wildman–Crippen MR) is 55.4 cm³/mol. The third-order valence-corrected chi connectivity index (χ3v) is 3.13. The van der Waals surface area contributed by atoms with Crippen LogP contribution in [-0.4, -0.2) is 37.0 Å². The van der Waals surface area contributed by atoms with Crippen molar-refractivity contribution in [3.63, 3.8) is 0 Å². The van der Waals surface area contributed by atoms with Crippen LogP contribution in [-0.2, 0) is 9.47 Å². The van der Waals surface area contributed by atoms with E-state index in [2.05, 4.69) is 26.1 Å². The van der Waals surface area contributed by atoms with Gasteiger partial charge < -0.3 is 14.8 Å². The van der Waals surface area contributed by atoms with Crippen molar-refractivity contribution in [1.29, 1.82) is 0 Å². The molecule has 1 N–H and O–H groups in total. The van der Waals surface area contributed by atoms with Crippen LogP contribution in [0.5, 0.6) is 0 Å². The Kier molecular flexibility index (Phi) is 2.58. The van der Waals surface area contributed by atoms with Gasteiger partial charge in [0.05, 0.1) is 23.9 Å². The molecule has 14 heavy (non-hydrogen) atoms. The van der Waals surface area contributed by atoms with Gasteiger partial charge in [0, 0.05) is 25.9 Å². The summed E-state index contributed by atoms with van der Waals surface area (Å²) in [6, 6.07) is 0. The third-order valence-electron chi connectivity index (χ3n) is 3.13. The molecule has 2 rings (SSSR count). The van der Waals surface area contributed by atoms with Crippen molar-refractivity contribution >= 4 is 0 Å². The van der Waals surface area contributed by atoms with E-state index >= 15 is 0 Å². The van der Waals surface area contributed by atoms with Gasteiger partial charge in [-0.15, -0.1) is 0 Å². The second kappa shape index (κ2) is 3.47. The molecule has 0 unspecified atom stereocenters. The highest BCUT2D eigenvalue weighted by molar-refractivity contribution is 4.96. The van der Waals surface area contributed by atoms with Gasteiger partial charge in [-0.3, -0.25) is 0 Å². The minimum absolute atomic E-state index is 0.0272. The minimum Gasteiger partial charge on any atom is -0.375 e. The summed E-state index contributed by atoms with van der Waals surface area (Å²) in [5, 5.41) is 3.45. The summed E-state index contributed by atoms with van der Waals surface area (Å²) in [7, 11) is 0. The summed E-state index contributed by atoms with van der Waals surface area (Å²) >= 11 is 0. The van der Waals surface area contributed by atoms with Gasteiger partial charge in [0.2, 0.25) is 0 Å². The van der Waals surface area contributed by atoms with Gasteiger partial charge in [0.1, 0.15) is 0 Å². The molecule has 0 aromatic heterocycles. The lowest BCUT2D eigenvalue weighted by Crippen LogP contribution is -2.58. The molecule has 0 aromatic carbocycles. The van der Waals surface area contributed by atoms with Crippen LogP contribution in [0, 0.1) is 0 Å². The largest absolute Gasteiger partial charge is 0.375 e. The average molecular weight is 199 g/mol. The van der Waals surface area contributed by atoms with Gasteiger partial charge in [-0.2, -0.15) is 0 Å². The molecule has 3 heteroatoms. The third kappa shape index (κ3) is 2.10. The van der Waals surface area contributed by atoms with Gasteiger partial charge in [-0.25, -0.2) is 0 Å². The Morgan fingerprint density at radius 2 is 2.14 bits per heavy atom. The zero-order valence-corrected chi connectivity index (χ0v) is 9.43. The first-order chi connectivity index (χ1) is 6.52. The van der Waals surface area contributed by atoms with E-state index in [4.69, 9.17) is 9.47 Å². The maximum atomic E-state index is 6.11. The van der Waals surface area contributed by atoms with Crippen LogP contribution >= 0.6 is 0 Å². The zero-order valence-electron chi connectivity index (χ0n) is 9.43. The molecule has 3 nitrogen and oxygen atoms in total. The standard InChI is InChI=1S/C11H21NO2/c1-9-6-12-8-11(14-9)4-5-13-10(2,3)7-11/h9,12H,4-8H2,1-3H3/t9-,11+/m0/s1. The second-order valence-corrected chi connectivity index (χ2v) is 5.28. The fourth-order valence-corrected chi connectivity index (χ4v) is 2.69. The van der Waals surface area contributed by atoms with Gasteiger partial charge in [-0.1, -0.05) is 0 Å². The molecule has 0 amide bonds. The summed E-state index contributed by atoms with van der Waals surface area (Å²) in [6.45, 7) is 9.21. The summed E-state index contributed by atoms with van der Waals surface area (Å²) in [4.78, 5) is 0.